The normalized spacial score (nSPS) is 22.6. The molecule has 4 N–H and O–H groups in total. The van der Waals surface area contributed by atoms with Gasteiger partial charge in [-0.1, -0.05) is 13.3 Å². The topological polar surface area (TPSA) is 83.8 Å². The molecule has 0 saturated carbocycles. The minimum Gasteiger partial charge on any atom is -0.395 e. The fourth-order valence-electron chi connectivity index (χ4n) is 2.33. The molecule has 1 aromatic rings. The van der Waals surface area contributed by atoms with Crippen LogP contribution in [0.1, 0.15) is 49.3 Å². The number of aryl methyl sites for hydroxylation is 1. The van der Waals surface area contributed by atoms with Crippen LogP contribution in [0.25, 0.3) is 0 Å². The highest BCUT2D eigenvalue weighted by atomic mass is 32.2. The Morgan fingerprint density at radius 3 is 3.05 bits per heavy atom. The first-order valence-corrected chi connectivity index (χ1v) is 7.79. The highest BCUT2D eigenvalue weighted by Crippen LogP contribution is 2.37. The van der Waals surface area contributed by atoms with Crippen LogP contribution in [0.15, 0.2) is 0 Å². The van der Waals surface area contributed by atoms with E-state index < -0.39 is 0 Å². The summed E-state index contributed by atoms with van der Waals surface area (Å²) in [6.07, 6.45) is 4.17. The number of carbonyl (C=O) groups excluding carboxylic acids is 1. The molecule has 1 aliphatic heterocycles. The van der Waals surface area contributed by atoms with Crippen LogP contribution in [-0.4, -0.2) is 33.1 Å². The van der Waals surface area contributed by atoms with Gasteiger partial charge in [0.05, 0.1) is 11.4 Å². The van der Waals surface area contributed by atoms with Gasteiger partial charge in [-0.3, -0.25) is 9.89 Å². The molecule has 5 nitrogen and oxygen atoms in total. The number of H-pyrrole nitrogens is 1. The molecule has 1 aliphatic rings. The van der Waals surface area contributed by atoms with E-state index in [9.17, 15) is 4.79 Å². The Bertz CT molecular complexity index is 451. The molecule has 6 heteroatoms. The maximum absolute atomic E-state index is 12.1. The quantitative estimate of drug-likeness (QED) is 0.771. The van der Waals surface area contributed by atoms with Crippen molar-refractivity contribution >= 4 is 23.4 Å². The average Bonchev–Trinajstić information content (AvgIpc) is 2.96. The Morgan fingerprint density at radius 1 is 1.63 bits per heavy atom. The second-order valence-corrected chi connectivity index (χ2v) is 6.98. The van der Waals surface area contributed by atoms with E-state index in [-0.39, 0.29) is 10.7 Å². The third-order valence-electron chi connectivity index (χ3n) is 3.52. The number of carbonyl (C=O) groups is 1. The zero-order chi connectivity index (χ0) is 13.9. The molecular formula is C13H22N4OS. The van der Waals surface area contributed by atoms with Crippen molar-refractivity contribution in [2.75, 3.05) is 18.0 Å². The van der Waals surface area contributed by atoms with E-state index in [1.54, 1.807) is 0 Å². The van der Waals surface area contributed by atoms with Gasteiger partial charge in [0, 0.05) is 11.3 Å². The molecular weight excluding hydrogens is 260 g/mol. The molecule has 19 heavy (non-hydrogen) atoms. The lowest BCUT2D eigenvalue weighted by Gasteiger charge is -2.22. The number of aromatic nitrogens is 2. The predicted molar refractivity (Wildman–Crippen MR) is 79.4 cm³/mol. The van der Waals surface area contributed by atoms with Crippen molar-refractivity contribution in [1.29, 1.82) is 0 Å². The lowest BCUT2D eigenvalue weighted by Crippen LogP contribution is -2.37. The van der Waals surface area contributed by atoms with Crippen LogP contribution in [0.5, 0.6) is 0 Å². The highest BCUT2D eigenvalue weighted by Gasteiger charge is 2.30. The Hall–Kier alpha value is -1.17. The van der Waals surface area contributed by atoms with Crippen molar-refractivity contribution in [1.82, 2.24) is 15.5 Å². The molecule has 1 amide bonds. The third-order valence-corrected chi connectivity index (χ3v) is 5.06. The van der Waals surface area contributed by atoms with Crippen LogP contribution in [0.4, 0.5) is 5.69 Å². The monoisotopic (exact) mass is 282 g/mol. The first-order chi connectivity index (χ1) is 9.06. The minimum absolute atomic E-state index is 0.160. The number of anilines is 1. The lowest BCUT2D eigenvalue weighted by molar-refractivity contribution is 0.0946. The molecule has 2 rings (SSSR count). The first-order valence-electron chi connectivity index (χ1n) is 6.80. The number of amides is 1. The van der Waals surface area contributed by atoms with Crippen molar-refractivity contribution in [3.05, 3.63) is 11.4 Å². The first kappa shape index (κ1) is 14.2. The summed E-state index contributed by atoms with van der Waals surface area (Å²) in [6.45, 7) is 4.94. The summed E-state index contributed by atoms with van der Waals surface area (Å²) in [6, 6.07) is 0. The summed E-state index contributed by atoms with van der Waals surface area (Å²) >= 11 is 1.93. The van der Waals surface area contributed by atoms with Gasteiger partial charge in [-0.25, -0.2) is 0 Å². The molecule has 2 heterocycles. The van der Waals surface area contributed by atoms with Crippen LogP contribution in [0.2, 0.25) is 0 Å². The van der Waals surface area contributed by atoms with Gasteiger partial charge in [-0.2, -0.15) is 16.9 Å². The van der Waals surface area contributed by atoms with E-state index in [2.05, 4.69) is 29.4 Å². The van der Waals surface area contributed by atoms with E-state index in [0.717, 1.165) is 25.0 Å². The van der Waals surface area contributed by atoms with Gasteiger partial charge >= 0.3 is 0 Å². The maximum atomic E-state index is 12.1. The fourth-order valence-corrected chi connectivity index (χ4v) is 3.57. The fraction of sp³-hybridized carbons (Fsp3) is 0.692. The Labute approximate surface area is 118 Å². The van der Waals surface area contributed by atoms with Gasteiger partial charge in [-0.05, 0) is 31.9 Å². The second kappa shape index (κ2) is 5.86. The standard InChI is InChI=1S/C13H22N4OS/c1-3-5-9-10(14)11(17-16-9)12(18)15-8-13(2)6-4-7-19-13/h3-8,14H2,1-2H3,(H,15,18)(H,16,17). The molecule has 0 aromatic carbocycles. The summed E-state index contributed by atoms with van der Waals surface area (Å²) in [5.41, 5.74) is 7.62. The molecule has 1 unspecified atom stereocenters. The molecule has 1 fully saturated rings. The molecule has 1 saturated heterocycles. The zero-order valence-electron chi connectivity index (χ0n) is 11.6. The lowest BCUT2D eigenvalue weighted by atomic mass is 10.1. The van der Waals surface area contributed by atoms with Crippen LogP contribution in [-0.2, 0) is 6.42 Å². The molecule has 106 valence electrons. The summed E-state index contributed by atoms with van der Waals surface area (Å²) < 4.78 is 0.160. The van der Waals surface area contributed by atoms with Crippen molar-refractivity contribution in [2.45, 2.75) is 44.3 Å². The maximum Gasteiger partial charge on any atom is 0.273 e. The molecule has 1 atom stereocenters. The third kappa shape index (κ3) is 3.23. The predicted octanol–water partition coefficient (Wildman–Crippen LogP) is 1.96. The van der Waals surface area contributed by atoms with Gasteiger partial charge in [0.1, 0.15) is 0 Å². The van der Waals surface area contributed by atoms with Crippen LogP contribution in [0.3, 0.4) is 0 Å². The summed E-state index contributed by atoms with van der Waals surface area (Å²) in [5.74, 6) is 1.00. The number of nitrogen functional groups attached to an aromatic ring is 1. The number of aromatic amines is 1. The zero-order valence-corrected chi connectivity index (χ0v) is 12.4. The van der Waals surface area contributed by atoms with Crippen molar-refractivity contribution in [3.8, 4) is 0 Å². The smallest absolute Gasteiger partial charge is 0.273 e. The average molecular weight is 282 g/mol. The number of nitrogens with zero attached hydrogens (tertiary/aromatic N) is 1. The van der Waals surface area contributed by atoms with Gasteiger partial charge in [0.2, 0.25) is 0 Å². The van der Waals surface area contributed by atoms with Crippen molar-refractivity contribution in [3.63, 3.8) is 0 Å². The van der Waals surface area contributed by atoms with E-state index >= 15 is 0 Å². The summed E-state index contributed by atoms with van der Waals surface area (Å²) in [4.78, 5) is 12.1. The van der Waals surface area contributed by atoms with E-state index in [1.165, 1.54) is 12.2 Å². The second-order valence-electron chi connectivity index (χ2n) is 5.30. The van der Waals surface area contributed by atoms with Gasteiger partial charge in [-0.15, -0.1) is 0 Å². The number of thioether (sulfide) groups is 1. The Balaban J connectivity index is 1.96. The molecule has 0 radical (unpaired) electrons. The van der Waals surface area contributed by atoms with Crippen LogP contribution < -0.4 is 11.1 Å². The van der Waals surface area contributed by atoms with Crippen LogP contribution >= 0.6 is 11.8 Å². The highest BCUT2D eigenvalue weighted by molar-refractivity contribution is 8.00. The van der Waals surface area contributed by atoms with Crippen molar-refractivity contribution in [2.24, 2.45) is 0 Å². The summed E-state index contributed by atoms with van der Waals surface area (Å²) in [7, 11) is 0. The molecule has 1 aromatic heterocycles. The SMILES string of the molecule is CCCc1[nH]nc(C(=O)NCC2(C)CCCS2)c1N. The number of hydrogen-bond acceptors (Lipinski definition) is 4. The number of nitrogens with one attached hydrogen (secondary N) is 2. The van der Waals surface area contributed by atoms with E-state index in [4.69, 9.17) is 5.73 Å². The Kier molecular flexibility index (Phi) is 4.39. The molecule has 0 aliphatic carbocycles. The largest absolute Gasteiger partial charge is 0.395 e. The number of rotatable bonds is 5. The van der Waals surface area contributed by atoms with E-state index in [1.807, 2.05) is 11.8 Å². The molecule has 0 spiro atoms. The molecule has 0 bridgehead atoms. The van der Waals surface area contributed by atoms with Crippen molar-refractivity contribution < 1.29 is 4.79 Å². The van der Waals surface area contributed by atoms with E-state index in [0.29, 0.717) is 17.9 Å². The number of nitrogens with two attached hydrogens (primary N) is 1. The number of hydrogen-bond donors (Lipinski definition) is 3. The van der Waals surface area contributed by atoms with Crippen LogP contribution in [0, 0.1) is 0 Å². The summed E-state index contributed by atoms with van der Waals surface area (Å²) in [5, 5.41) is 9.84. The van der Waals surface area contributed by atoms with Gasteiger partial charge in [0.15, 0.2) is 5.69 Å². The minimum atomic E-state index is -0.176. The Morgan fingerprint density at radius 2 is 2.42 bits per heavy atom. The van der Waals surface area contributed by atoms with Gasteiger partial charge in [0.25, 0.3) is 5.91 Å². The van der Waals surface area contributed by atoms with Gasteiger partial charge < -0.3 is 11.1 Å².